The van der Waals surface area contributed by atoms with Crippen LogP contribution in [0.1, 0.15) is 24.0 Å². The Labute approximate surface area is 122 Å². The molecule has 0 radical (unpaired) electrons. The molecule has 112 valence electrons. The Kier molecular flexibility index (Phi) is 5.40. The van der Waals surface area contributed by atoms with Crippen LogP contribution in [-0.2, 0) is 13.1 Å². The van der Waals surface area contributed by atoms with Gasteiger partial charge in [-0.2, -0.15) is 0 Å². The van der Waals surface area contributed by atoms with Gasteiger partial charge in [0, 0.05) is 31.2 Å². The summed E-state index contributed by atoms with van der Waals surface area (Å²) in [7, 11) is 6.12. The molecule has 1 aromatic carbocycles. The molecule has 2 N–H and O–H groups in total. The molecular formula is C16H27N3O. The molecule has 1 fully saturated rings. The molecule has 0 spiro atoms. The second-order valence-corrected chi connectivity index (χ2v) is 5.82. The lowest BCUT2D eigenvalue weighted by Crippen LogP contribution is -2.44. The Hall–Kier alpha value is -1.10. The largest absolute Gasteiger partial charge is 0.496 e. The molecular weight excluding hydrogens is 250 g/mol. The summed E-state index contributed by atoms with van der Waals surface area (Å²) in [6.45, 7) is 3.88. The number of ether oxygens (including phenoxy) is 1. The lowest BCUT2D eigenvalue weighted by Gasteiger charge is -2.36. The van der Waals surface area contributed by atoms with Crippen molar-refractivity contribution in [1.82, 2.24) is 9.80 Å². The van der Waals surface area contributed by atoms with E-state index in [0.29, 0.717) is 12.6 Å². The summed E-state index contributed by atoms with van der Waals surface area (Å²) in [6.07, 6.45) is 2.59. The first kappa shape index (κ1) is 15.3. The van der Waals surface area contributed by atoms with Crippen LogP contribution in [0.3, 0.4) is 0 Å². The average Bonchev–Trinajstić information content (AvgIpc) is 2.47. The molecule has 4 heteroatoms. The van der Waals surface area contributed by atoms with E-state index in [1.165, 1.54) is 24.9 Å². The number of nitrogens with zero attached hydrogens (tertiary/aromatic N) is 2. The van der Waals surface area contributed by atoms with Gasteiger partial charge in [0.15, 0.2) is 0 Å². The Morgan fingerprint density at radius 3 is 2.90 bits per heavy atom. The van der Waals surface area contributed by atoms with Gasteiger partial charge in [0.1, 0.15) is 5.75 Å². The number of methoxy groups -OCH3 is 1. The van der Waals surface area contributed by atoms with Gasteiger partial charge in [-0.05, 0) is 51.2 Å². The van der Waals surface area contributed by atoms with Gasteiger partial charge in [-0.25, -0.2) is 0 Å². The van der Waals surface area contributed by atoms with E-state index in [9.17, 15) is 0 Å². The lowest BCUT2D eigenvalue weighted by atomic mass is 10.0. The van der Waals surface area contributed by atoms with E-state index in [4.69, 9.17) is 10.5 Å². The zero-order valence-electron chi connectivity index (χ0n) is 12.9. The Bertz CT molecular complexity index is 436. The fraction of sp³-hybridized carbons (Fsp3) is 0.625. The SMILES string of the molecule is COc1ccc(CN(C)C2CCCN(C)C2)cc1CN. The summed E-state index contributed by atoms with van der Waals surface area (Å²) in [5.41, 5.74) is 8.18. The van der Waals surface area contributed by atoms with Gasteiger partial charge in [-0.3, -0.25) is 4.90 Å². The number of benzene rings is 1. The molecule has 0 aliphatic carbocycles. The van der Waals surface area contributed by atoms with Crippen molar-refractivity contribution in [2.24, 2.45) is 5.73 Å². The molecule has 1 aromatic rings. The van der Waals surface area contributed by atoms with E-state index in [-0.39, 0.29) is 0 Å². The van der Waals surface area contributed by atoms with Crippen LogP contribution in [0.5, 0.6) is 5.75 Å². The Morgan fingerprint density at radius 2 is 2.25 bits per heavy atom. The number of rotatable bonds is 5. The number of piperidine rings is 1. The van der Waals surface area contributed by atoms with Gasteiger partial charge >= 0.3 is 0 Å². The average molecular weight is 277 g/mol. The summed E-state index contributed by atoms with van der Waals surface area (Å²) in [5, 5.41) is 0. The first-order chi connectivity index (χ1) is 9.63. The quantitative estimate of drug-likeness (QED) is 0.889. The van der Waals surface area contributed by atoms with Crippen LogP contribution in [-0.4, -0.2) is 50.1 Å². The maximum Gasteiger partial charge on any atom is 0.123 e. The first-order valence-corrected chi connectivity index (χ1v) is 7.38. The van der Waals surface area contributed by atoms with Crippen molar-refractivity contribution < 1.29 is 4.74 Å². The lowest BCUT2D eigenvalue weighted by molar-refractivity contribution is 0.129. The van der Waals surface area contributed by atoms with Crippen LogP contribution >= 0.6 is 0 Å². The van der Waals surface area contributed by atoms with Crippen LogP contribution in [0.4, 0.5) is 0 Å². The summed E-state index contributed by atoms with van der Waals surface area (Å²) in [5.74, 6) is 0.885. The van der Waals surface area contributed by atoms with Gasteiger partial charge in [-0.1, -0.05) is 6.07 Å². The number of likely N-dealkylation sites (tertiary alicyclic amines) is 1. The van der Waals surface area contributed by atoms with Crippen molar-refractivity contribution in [3.05, 3.63) is 29.3 Å². The minimum Gasteiger partial charge on any atom is -0.496 e. The van der Waals surface area contributed by atoms with Crippen molar-refractivity contribution >= 4 is 0 Å². The molecule has 1 heterocycles. The predicted molar refractivity (Wildman–Crippen MR) is 82.9 cm³/mol. The zero-order chi connectivity index (χ0) is 14.5. The third-order valence-electron chi connectivity index (χ3n) is 4.22. The van der Waals surface area contributed by atoms with Crippen LogP contribution in [0.2, 0.25) is 0 Å². The van der Waals surface area contributed by atoms with Gasteiger partial charge in [-0.15, -0.1) is 0 Å². The zero-order valence-corrected chi connectivity index (χ0v) is 12.9. The summed E-state index contributed by atoms with van der Waals surface area (Å²) in [6, 6.07) is 6.98. The minimum absolute atomic E-state index is 0.521. The second kappa shape index (κ2) is 7.07. The Balaban J connectivity index is 2.01. The molecule has 1 atom stereocenters. The molecule has 1 aliphatic heterocycles. The van der Waals surface area contributed by atoms with Crippen molar-refractivity contribution in [3.8, 4) is 5.75 Å². The van der Waals surface area contributed by atoms with E-state index in [1.807, 2.05) is 6.07 Å². The first-order valence-electron chi connectivity index (χ1n) is 7.38. The van der Waals surface area contributed by atoms with E-state index in [2.05, 4.69) is 36.0 Å². The fourth-order valence-electron chi connectivity index (χ4n) is 3.01. The molecule has 20 heavy (non-hydrogen) atoms. The van der Waals surface area contributed by atoms with Crippen LogP contribution in [0.15, 0.2) is 18.2 Å². The highest BCUT2D eigenvalue weighted by atomic mass is 16.5. The van der Waals surface area contributed by atoms with Crippen LogP contribution < -0.4 is 10.5 Å². The molecule has 2 rings (SSSR count). The normalized spacial score (nSPS) is 20.4. The maximum atomic E-state index is 5.79. The van der Waals surface area contributed by atoms with Gasteiger partial charge in [0.2, 0.25) is 0 Å². The summed E-state index contributed by atoms with van der Waals surface area (Å²) < 4.78 is 5.33. The van der Waals surface area contributed by atoms with E-state index in [0.717, 1.165) is 24.4 Å². The van der Waals surface area contributed by atoms with E-state index < -0.39 is 0 Å². The van der Waals surface area contributed by atoms with Gasteiger partial charge in [0.25, 0.3) is 0 Å². The standard InChI is InChI=1S/C16H27N3O/c1-18-8-4-5-15(12-18)19(2)11-13-6-7-16(20-3)14(9-13)10-17/h6-7,9,15H,4-5,8,10-12,17H2,1-3H3. The molecule has 0 bridgehead atoms. The minimum atomic E-state index is 0.521. The summed E-state index contributed by atoms with van der Waals surface area (Å²) >= 11 is 0. The number of hydrogen-bond acceptors (Lipinski definition) is 4. The molecule has 1 unspecified atom stereocenters. The van der Waals surface area contributed by atoms with Crippen molar-refractivity contribution in [1.29, 1.82) is 0 Å². The van der Waals surface area contributed by atoms with Gasteiger partial charge < -0.3 is 15.4 Å². The van der Waals surface area contributed by atoms with E-state index >= 15 is 0 Å². The van der Waals surface area contributed by atoms with Crippen molar-refractivity contribution in [2.45, 2.75) is 32.0 Å². The number of hydrogen-bond donors (Lipinski definition) is 1. The number of likely N-dealkylation sites (N-methyl/N-ethyl adjacent to an activating group) is 2. The molecule has 4 nitrogen and oxygen atoms in total. The molecule has 0 aromatic heterocycles. The molecule has 0 amide bonds. The van der Waals surface area contributed by atoms with Crippen LogP contribution in [0, 0.1) is 0 Å². The molecule has 1 saturated heterocycles. The maximum absolute atomic E-state index is 5.79. The third-order valence-corrected chi connectivity index (χ3v) is 4.22. The monoisotopic (exact) mass is 277 g/mol. The smallest absolute Gasteiger partial charge is 0.123 e. The fourth-order valence-corrected chi connectivity index (χ4v) is 3.01. The third kappa shape index (κ3) is 3.72. The second-order valence-electron chi connectivity index (χ2n) is 5.82. The van der Waals surface area contributed by atoms with E-state index in [1.54, 1.807) is 7.11 Å². The highest BCUT2D eigenvalue weighted by Gasteiger charge is 2.21. The molecule has 1 aliphatic rings. The Morgan fingerprint density at radius 1 is 1.45 bits per heavy atom. The number of nitrogens with two attached hydrogens (primary N) is 1. The van der Waals surface area contributed by atoms with Crippen molar-refractivity contribution in [2.75, 3.05) is 34.3 Å². The topological polar surface area (TPSA) is 41.7 Å². The summed E-state index contributed by atoms with van der Waals surface area (Å²) in [4.78, 5) is 4.88. The highest BCUT2D eigenvalue weighted by molar-refractivity contribution is 5.37. The molecule has 0 saturated carbocycles. The van der Waals surface area contributed by atoms with Crippen LogP contribution in [0.25, 0.3) is 0 Å². The van der Waals surface area contributed by atoms with Gasteiger partial charge in [0.05, 0.1) is 7.11 Å². The highest BCUT2D eigenvalue weighted by Crippen LogP contribution is 2.21. The van der Waals surface area contributed by atoms with Crippen molar-refractivity contribution in [3.63, 3.8) is 0 Å². The predicted octanol–water partition coefficient (Wildman–Crippen LogP) is 1.68.